The molecule has 0 radical (unpaired) electrons. The summed E-state index contributed by atoms with van der Waals surface area (Å²) in [7, 11) is 0. The SMILES string of the molecule is O=C(Nc1ccncn1)c1cnn2ccc(-c3ccccc3OC(F)(F)F)nc12. The molecule has 0 spiro atoms. The summed E-state index contributed by atoms with van der Waals surface area (Å²) in [5.74, 6) is -0.643. The minimum atomic E-state index is -4.85. The van der Waals surface area contributed by atoms with Gasteiger partial charge in [0.25, 0.3) is 5.91 Å². The number of fused-ring (bicyclic) bond motifs is 1. The minimum absolute atomic E-state index is 0.121. The third-order valence-corrected chi connectivity index (χ3v) is 3.83. The molecular formula is C18H11F3N6O2. The Bertz CT molecular complexity index is 1180. The summed E-state index contributed by atoms with van der Waals surface area (Å²) in [6, 6.07) is 8.59. The number of rotatable bonds is 4. The van der Waals surface area contributed by atoms with E-state index in [1.165, 1.54) is 59.8 Å². The molecule has 3 heterocycles. The minimum Gasteiger partial charge on any atom is -0.405 e. The van der Waals surface area contributed by atoms with Crippen LogP contribution >= 0.6 is 0 Å². The van der Waals surface area contributed by atoms with E-state index in [0.717, 1.165) is 0 Å². The zero-order valence-corrected chi connectivity index (χ0v) is 14.5. The molecule has 0 atom stereocenters. The standard InChI is InChI=1S/C18H11F3N6O2/c19-18(20,21)29-14-4-2-1-3-11(14)13-6-8-27-16(25-13)12(9-24-27)17(28)26-15-5-7-22-10-23-15/h1-10H,(H,22,23,26,28). The maximum absolute atomic E-state index is 12.7. The van der Waals surface area contributed by atoms with Gasteiger partial charge in [0, 0.05) is 18.0 Å². The van der Waals surface area contributed by atoms with Gasteiger partial charge in [-0.2, -0.15) is 5.10 Å². The summed E-state index contributed by atoms with van der Waals surface area (Å²) in [4.78, 5) is 24.5. The molecule has 146 valence electrons. The Hall–Kier alpha value is -4.02. The average Bonchev–Trinajstić information content (AvgIpc) is 3.11. The number of alkyl halides is 3. The number of ether oxygens (including phenoxy) is 1. The lowest BCUT2D eigenvalue weighted by Gasteiger charge is -2.13. The number of benzene rings is 1. The van der Waals surface area contributed by atoms with Crippen molar-refractivity contribution in [3.05, 3.63) is 66.9 Å². The highest BCUT2D eigenvalue weighted by molar-refractivity contribution is 6.07. The van der Waals surface area contributed by atoms with Crippen LogP contribution in [0.1, 0.15) is 10.4 Å². The van der Waals surface area contributed by atoms with Crippen LogP contribution in [0.3, 0.4) is 0 Å². The van der Waals surface area contributed by atoms with E-state index in [2.05, 4.69) is 30.1 Å². The second-order valence-electron chi connectivity index (χ2n) is 5.73. The van der Waals surface area contributed by atoms with Crippen LogP contribution in [0, 0.1) is 0 Å². The van der Waals surface area contributed by atoms with Crippen LogP contribution in [0.5, 0.6) is 5.75 Å². The van der Waals surface area contributed by atoms with Crippen molar-refractivity contribution in [3.8, 4) is 17.0 Å². The molecule has 29 heavy (non-hydrogen) atoms. The van der Waals surface area contributed by atoms with Crippen LogP contribution in [0.4, 0.5) is 19.0 Å². The van der Waals surface area contributed by atoms with Crippen molar-refractivity contribution in [3.63, 3.8) is 0 Å². The fourth-order valence-electron chi connectivity index (χ4n) is 2.62. The van der Waals surface area contributed by atoms with Crippen LogP contribution in [-0.2, 0) is 0 Å². The van der Waals surface area contributed by atoms with Crippen LogP contribution in [-0.4, -0.2) is 36.8 Å². The Kier molecular flexibility index (Phi) is 4.55. The van der Waals surface area contributed by atoms with Crippen molar-refractivity contribution in [2.75, 3.05) is 5.32 Å². The lowest BCUT2D eigenvalue weighted by Crippen LogP contribution is -2.17. The summed E-state index contributed by atoms with van der Waals surface area (Å²) in [5, 5.41) is 6.63. The first-order valence-corrected chi connectivity index (χ1v) is 8.17. The fraction of sp³-hybridized carbons (Fsp3) is 0.0556. The predicted octanol–water partition coefficient (Wildman–Crippen LogP) is 3.34. The van der Waals surface area contributed by atoms with Gasteiger partial charge in [-0.3, -0.25) is 4.79 Å². The highest BCUT2D eigenvalue weighted by Gasteiger charge is 2.32. The van der Waals surface area contributed by atoms with Crippen LogP contribution < -0.4 is 10.1 Å². The van der Waals surface area contributed by atoms with Crippen LogP contribution in [0.25, 0.3) is 16.9 Å². The first-order chi connectivity index (χ1) is 13.9. The Morgan fingerprint density at radius 1 is 1.14 bits per heavy atom. The van der Waals surface area contributed by atoms with Gasteiger partial charge in [-0.05, 0) is 24.3 Å². The Morgan fingerprint density at radius 3 is 2.72 bits per heavy atom. The van der Waals surface area contributed by atoms with E-state index < -0.39 is 18.0 Å². The lowest BCUT2D eigenvalue weighted by molar-refractivity contribution is -0.274. The van der Waals surface area contributed by atoms with E-state index in [-0.39, 0.29) is 28.3 Å². The largest absolute Gasteiger partial charge is 0.573 e. The molecule has 4 rings (SSSR count). The summed E-state index contributed by atoms with van der Waals surface area (Å²) in [6.45, 7) is 0. The Balaban J connectivity index is 1.72. The predicted molar refractivity (Wildman–Crippen MR) is 95.1 cm³/mol. The summed E-state index contributed by atoms with van der Waals surface area (Å²) in [5.41, 5.74) is 0.597. The molecule has 0 bridgehead atoms. The second kappa shape index (κ2) is 7.19. The van der Waals surface area contributed by atoms with E-state index in [1.807, 2.05) is 0 Å². The molecule has 3 aromatic heterocycles. The molecule has 0 saturated carbocycles. The lowest BCUT2D eigenvalue weighted by atomic mass is 10.1. The zero-order chi connectivity index (χ0) is 20.4. The number of carbonyl (C=O) groups excluding carboxylic acids is 1. The number of nitrogens with zero attached hydrogens (tertiary/aromatic N) is 5. The van der Waals surface area contributed by atoms with Crippen molar-refractivity contribution in [2.24, 2.45) is 0 Å². The number of hydrogen-bond donors (Lipinski definition) is 1. The molecule has 0 aliphatic carbocycles. The number of amides is 1. The van der Waals surface area contributed by atoms with Crippen molar-refractivity contribution in [2.45, 2.75) is 6.36 Å². The Morgan fingerprint density at radius 2 is 1.97 bits per heavy atom. The number of carbonyl (C=O) groups is 1. The number of anilines is 1. The Labute approximate surface area is 161 Å². The molecule has 0 aliphatic rings. The maximum Gasteiger partial charge on any atom is 0.573 e. The van der Waals surface area contributed by atoms with E-state index >= 15 is 0 Å². The van der Waals surface area contributed by atoms with Gasteiger partial charge in [0.05, 0.1) is 11.9 Å². The number of aromatic nitrogens is 5. The van der Waals surface area contributed by atoms with Gasteiger partial charge in [-0.25, -0.2) is 19.5 Å². The van der Waals surface area contributed by atoms with Gasteiger partial charge in [-0.15, -0.1) is 13.2 Å². The third-order valence-electron chi connectivity index (χ3n) is 3.83. The van der Waals surface area contributed by atoms with Gasteiger partial charge >= 0.3 is 6.36 Å². The molecule has 0 unspecified atom stereocenters. The van der Waals surface area contributed by atoms with Gasteiger partial charge < -0.3 is 10.1 Å². The van der Waals surface area contributed by atoms with Gasteiger partial charge in [0.15, 0.2) is 5.65 Å². The molecule has 0 aliphatic heterocycles. The van der Waals surface area contributed by atoms with Crippen LogP contribution in [0.2, 0.25) is 0 Å². The highest BCUT2D eigenvalue weighted by atomic mass is 19.4. The molecule has 4 aromatic rings. The zero-order valence-electron chi connectivity index (χ0n) is 14.5. The quantitative estimate of drug-likeness (QED) is 0.565. The van der Waals surface area contributed by atoms with E-state index in [0.29, 0.717) is 0 Å². The molecule has 8 nitrogen and oxygen atoms in total. The number of halogens is 3. The van der Waals surface area contributed by atoms with E-state index in [9.17, 15) is 18.0 Å². The fourth-order valence-corrected chi connectivity index (χ4v) is 2.62. The molecule has 0 saturated heterocycles. The normalized spacial score (nSPS) is 11.4. The maximum atomic E-state index is 12.7. The molecule has 1 amide bonds. The second-order valence-corrected chi connectivity index (χ2v) is 5.73. The molecule has 0 fully saturated rings. The van der Waals surface area contributed by atoms with Gasteiger partial charge in [-0.1, -0.05) is 12.1 Å². The van der Waals surface area contributed by atoms with Gasteiger partial charge in [0.1, 0.15) is 23.5 Å². The molecular weight excluding hydrogens is 389 g/mol. The first-order valence-electron chi connectivity index (χ1n) is 8.17. The smallest absolute Gasteiger partial charge is 0.405 e. The highest BCUT2D eigenvalue weighted by Crippen LogP contribution is 2.33. The average molecular weight is 400 g/mol. The van der Waals surface area contributed by atoms with E-state index in [1.54, 1.807) is 6.07 Å². The third kappa shape index (κ3) is 3.98. The summed E-state index contributed by atoms with van der Waals surface area (Å²) < 4.78 is 43.5. The number of para-hydroxylation sites is 1. The van der Waals surface area contributed by atoms with Crippen molar-refractivity contribution in [1.82, 2.24) is 24.6 Å². The van der Waals surface area contributed by atoms with Crippen molar-refractivity contribution >= 4 is 17.4 Å². The monoisotopic (exact) mass is 400 g/mol. The number of nitrogens with one attached hydrogen (secondary N) is 1. The molecule has 11 heteroatoms. The van der Waals surface area contributed by atoms with E-state index in [4.69, 9.17) is 0 Å². The molecule has 1 aromatic carbocycles. The summed E-state index contributed by atoms with van der Waals surface area (Å²) in [6.07, 6.45) is 0.690. The molecule has 1 N–H and O–H groups in total. The van der Waals surface area contributed by atoms with Crippen molar-refractivity contribution in [1.29, 1.82) is 0 Å². The van der Waals surface area contributed by atoms with Crippen LogP contribution in [0.15, 0.2) is 61.3 Å². The number of hydrogen-bond acceptors (Lipinski definition) is 6. The first kappa shape index (κ1) is 18.3. The topological polar surface area (TPSA) is 94.3 Å². The van der Waals surface area contributed by atoms with Gasteiger partial charge in [0.2, 0.25) is 0 Å². The van der Waals surface area contributed by atoms with Crippen molar-refractivity contribution < 1.29 is 22.7 Å². The summed E-state index contributed by atoms with van der Waals surface area (Å²) >= 11 is 0.